The van der Waals surface area contributed by atoms with Gasteiger partial charge in [-0.05, 0) is 17.7 Å². The predicted molar refractivity (Wildman–Crippen MR) is 95.3 cm³/mol. The third-order valence-electron chi connectivity index (χ3n) is 3.51. The Morgan fingerprint density at radius 1 is 1.29 bits per heavy atom. The molecule has 2 heterocycles. The number of carbonyl (C=O) groups excluding carboxylic acids is 1. The Balaban J connectivity index is 1.87. The van der Waals surface area contributed by atoms with Crippen LogP contribution >= 0.6 is 24.0 Å². The zero-order valence-corrected chi connectivity index (χ0v) is 14.0. The second-order valence-corrected chi connectivity index (χ2v) is 6.79. The van der Waals surface area contributed by atoms with Crippen molar-refractivity contribution in [2.24, 2.45) is 0 Å². The van der Waals surface area contributed by atoms with Crippen molar-refractivity contribution in [2.45, 2.75) is 12.5 Å². The molecule has 1 aromatic heterocycles. The summed E-state index contributed by atoms with van der Waals surface area (Å²) in [4.78, 5) is 25.9. The summed E-state index contributed by atoms with van der Waals surface area (Å²) < 4.78 is 5.43. The van der Waals surface area contributed by atoms with Gasteiger partial charge in [0.2, 0.25) is 0 Å². The van der Waals surface area contributed by atoms with Crippen LogP contribution in [0.1, 0.15) is 11.3 Å². The van der Waals surface area contributed by atoms with Crippen LogP contribution in [0.25, 0.3) is 6.08 Å². The first-order valence-corrected chi connectivity index (χ1v) is 8.36. The van der Waals surface area contributed by atoms with Crippen molar-refractivity contribution in [2.75, 3.05) is 0 Å². The van der Waals surface area contributed by atoms with Gasteiger partial charge in [-0.3, -0.25) is 9.69 Å². The maximum absolute atomic E-state index is 12.6. The van der Waals surface area contributed by atoms with Gasteiger partial charge in [0.05, 0.1) is 11.2 Å². The van der Waals surface area contributed by atoms with E-state index in [0.717, 1.165) is 17.3 Å². The number of thiocarbonyl (C=S) groups is 1. The lowest BCUT2D eigenvalue weighted by atomic mass is 10.0. The highest BCUT2D eigenvalue weighted by atomic mass is 32.2. The number of carbonyl (C=O) groups is 2. The lowest BCUT2D eigenvalue weighted by molar-refractivity contribution is -0.145. The molecule has 5 nitrogen and oxygen atoms in total. The fourth-order valence-electron chi connectivity index (χ4n) is 2.38. The van der Waals surface area contributed by atoms with Gasteiger partial charge in [0, 0.05) is 12.5 Å². The fourth-order valence-corrected chi connectivity index (χ4v) is 3.71. The summed E-state index contributed by atoms with van der Waals surface area (Å²) in [6.07, 6.45) is 3.26. The standard InChI is InChI=1S/C17H13NO4S2/c19-15-14(10-12-7-4-8-22-12)24-17(23)18(15)13(16(20)21)9-11-5-2-1-3-6-11/h1-8,10,13H,9H2,(H,20,21)/t13-/m0/s1. The van der Waals surface area contributed by atoms with Crippen LogP contribution in [0.15, 0.2) is 58.1 Å². The SMILES string of the molecule is O=C(O)[C@H](Cc1ccccc1)N1C(=O)C(=Cc2ccco2)SC1=S. The van der Waals surface area contributed by atoms with E-state index in [4.69, 9.17) is 16.6 Å². The Labute approximate surface area is 148 Å². The Morgan fingerprint density at radius 3 is 2.67 bits per heavy atom. The molecule has 24 heavy (non-hydrogen) atoms. The van der Waals surface area contributed by atoms with Crippen molar-refractivity contribution in [3.05, 3.63) is 65.0 Å². The molecule has 1 N–H and O–H groups in total. The molecule has 0 saturated carbocycles. The van der Waals surface area contributed by atoms with E-state index in [1.165, 1.54) is 11.2 Å². The lowest BCUT2D eigenvalue weighted by Crippen LogP contribution is -2.45. The van der Waals surface area contributed by atoms with Gasteiger partial charge >= 0.3 is 5.97 Å². The molecule has 122 valence electrons. The Morgan fingerprint density at radius 2 is 2.04 bits per heavy atom. The number of benzene rings is 1. The van der Waals surface area contributed by atoms with Crippen molar-refractivity contribution in [1.82, 2.24) is 4.90 Å². The number of hydrogen-bond donors (Lipinski definition) is 1. The Kier molecular flexibility index (Phi) is 4.82. The smallest absolute Gasteiger partial charge is 0.327 e. The molecule has 0 bridgehead atoms. The molecular formula is C17H13NO4S2. The summed E-state index contributed by atoms with van der Waals surface area (Å²) in [7, 11) is 0. The van der Waals surface area contributed by atoms with Gasteiger partial charge in [-0.1, -0.05) is 54.3 Å². The quantitative estimate of drug-likeness (QED) is 0.653. The average Bonchev–Trinajstić information content (AvgIpc) is 3.16. The topological polar surface area (TPSA) is 70.8 Å². The van der Waals surface area contributed by atoms with Crippen molar-refractivity contribution in [1.29, 1.82) is 0 Å². The minimum Gasteiger partial charge on any atom is -0.480 e. The van der Waals surface area contributed by atoms with Crippen LogP contribution in [-0.2, 0) is 16.0 Å². The number of furan rings is 1. The van der Waals surface area contributed by atoms with Gasteiger partial charge in [0.15, 0.2) is 0 Å². The number of carboxylic acids is 1. The summed E-state index contributed by atoms with van der Waals surface area (Å²) in [5.74, 6) is -0.982. The summed E-state index contributed by atoms with van der Waals surface area (Å²) in [6, 6.07) is 11.5. The molecule has 3 rings (SSSR count). The Hall–Kier alpha value is -2.38. The van der Waals surface area contributed by atoms with E-state index in [0.29, 0.717) is 10.7 Å². The zero-order valence-electron chi connectivity index (χ0n) is 12.4. The molecule has 1 aromatic carbocycles. The minimum atomic E-state index is -1.09. The van der Waals surface area contributed by atoms with Crippen LogP contribution in [0.2, 0.25) is 0 Å². The van der Waals surface area contributed by atoms with Crippen molar-refractivity contribution in [3.8, 4) is 0 Å². The van der Waals surface area contributed by atoms with Crippen molar-refractivity contribution < 1.29 is 19.1 Å². The number of rotatable bonds is 5. The first-order valence-electron chi connectivity index (χ1n) is 7.13. The number of amides is 1. The highest BCUT2D eigenvalue weighted by Crippen LogP contribution is 2.34. The zero-order chi connectivity index (χ0) is 17.1. The van der Waals surface area contributed by atoms with Crippen molar-refractivity contribution >= 4 is 46.3 Å². The fraction of sp³-hybridized carbons (Fsp3) is 0.118. The number of nitrogens with zero attached hydrogens (tertiary/aromatic N) is 1. The van der Waals surface area contributed by atoms with E-state index in [-0.39, 0.29) is 10.7 Å². The second-order valence-electron chi connectivity index (χ2n) is 5.11. The molecular weight excluding hydrogens is 346 g/mol. The molecule has 1 fully saturated rings. The van der Waals surface area contributed by atoms with Crippen LogP contribution < -0.4 is 0 Å². The van der Waals surface area contributed by atoms with Crippen molar-refractivity contribution in [3.63, 3.8) is 0 Å². The molecule has 7 heteroatoms. The van der Waals surface area contributed by atoms with E-state index < -0.39 is 17.9 Å². The lowest BCUT2D eigenvalue weighted by Gasteiger charge is -2.23. The maximum atomic E-state index is 12.6. The molecule has 0 radical (unpaired) electrons. The van der Waals surface area contributed by atoms with Gasteiger partial charge in [-0.25, -0.2) is 4.79 Å². The van der Waals surface area contributed by atoms with Gasteiger partial charge in [-0.15, -0.1) is 0 Å². The first kappa shape index (κ1) is 16.5. The van der Waals surface area contributed by atoms with E-state index in [2.05, 4.69) is 0 Å². The van der Waals surface area contributed by atoms with Gasteiger partial charge < -0.3 is 9.52 Å². The first-order chi connectivity index (χ1) is 11.6. The van der Waals surface area contributed by atoms with Gasteiger partial charge in [-0.2, -0.15) is 0 Å². The highest BCUT2D eigenvalue weighted by Gasteiger charge is 2.40. The average molecular weight is 359 g/mol. The van der Waals surface area contributed by atoms with Gasteiger partial charge in [0.25, 0.3) is 5.91 Å². The maximum Gasteiger partial charge on any atom is 0.327 e. The summed E-state index contributed by atoms with van der Waals surface area (Å²) >= 11 is 6.32. The van der Waals surface area contributed by atoms with Crippen LogP contribution in [0.3, 0.4) is 0 Å². The normalized spacial score (nSPS) is 17.5. The molecule has 1 aliphatic rings. The molecule has 1 saturated heterocycles. The number of thioether (sulfide) groups is 1. The highest BCUT2D eigenvalue weighted by molar-refractivity contribution is 8.26. The number of hydrogen-bond acceptors (Lipinski definition) is 5. The van der Waals surface area contributed by atoms with E-state index in [1.54, 1.807) is 18.2 Å². The van der Waals surface area contributed by atoms with Crippen LogP contribution in [0, 0.1) is 0 Å². The summed E-state index contributed by atoms with van der Waals surface area (Å²) in [6.45, 7) is 0. The van der Waals surface area contributed by atoms with E-state index >= 15 is 0 Å². The van der Waals surface area contributed by atoms with E-state index in [9.17, 15) is 14.7 Å². The van der Waals surface area contributed by atoms with E-state index in [1.807, 2.05) is 30.3 Å². The molecule has 0 aliphatic carbocycles. The summed E-state index contributed by atoms with van der Waals surface area (Å²) in [5, 5.41) is 9.57. The molecule has 0 spiro atoms. The minimum absolute atomic E-state index is 0.191. The molecule has 0 unspecified atom stereocenters. The van der Waals surface area contributed by atoms with Gasteiger partial charge in [0.1, 0.15) is 16.1 Å². The summed E-state index contributed by atoms with van der Waals surface area (Å²) in [5.41, 5.74) is 0.828. The molecule has 1 amide bonds. The molecule has 2 aromatic rings. The van der Waals surface area contributed by atoms with Crippen LogP contribution in [0.4, 0.5) is 0 Å². The largest absolute Gasteiger partial charge is 0.480 e. The molecule has 1 aliphatic heterocycles. The van der Waals surface area contributed by atoms with Crippen LogP contribution in [-0.4, -0.2) is 32.2 Å². The number of aliphatic carboxylic acids is 1. The molecule has 1 atom stereocenters. The third-order valence-corrected chi connectivity index (χ3v) is 4.84. The van der Waals surface area contributed by atoms with Crippen LogP contribution in [0.5, 0.6) is 0 Å². The Bertz CT molecular complexity index is 799. The monoisotopic (exact) mass is 359 g/mol. The third kappa shape index (κ3) is 3.42. The predicted octanol–water partition coefficient (Wildman–Crippen LogP) is 3.18. The second kappa shape index (κ2) is 7.02. The number of carboxylic acid groups (broad SMARTS) is 1.